The monoisotopic (exact) mass is 375 g/mol. The first kappa shape index (κ1) is 20.0. The van der Waals surface area contributed by atoms with Gasteiger partial charge >= 0.3 is 11.9 Å². The molecule has 1 aromatic carbocycles. The van der Waals surface area contributed by atoms with E-state index in [2.05, 4.69) is 15.6 Å². The second-order valence-corrected chi connectivity index (χ2v) is 6.15. The Morgan fingerprint density at radius 3 is 2.33 bits per heavy atom. The highest BCUT2D eigenvalue weighted by Gasteiger charge is 2.24. The maximum absolute atomic E-state index is 12.1. The number of carbonyl (C=O) groups is 4. The number of benzene rings is 1. The second-order valence-electron chi connectivity index (χ2n) is 6.15. The lowest BCUT2D eigenvalue weighted by Crippen LogP contribution is -2.44. The Morgan fingerprint density at radius 1 is 1.04 bits per heavy atom. The molecular formula is C18H21N3O6. The van der Waals surface area contributed by atoms with E-state index in [0.29, 0.717) is 0 Å². The van der Waals surface area contributed by atoms with Gasteiger partial charge in [-0.05, 0) is 18.1 Å². The highest BCUT2D eigenvalue weighted by atomic mass is 16.4. The highest BCUT2D eigenvalue weighted by molar-refractivity contribution is 5.87. The van der Waals surface area contributed by atoms with Crippen molar-refractivity contribution in [1.82, 2.24) is 15.6 Å². The van der Waals surface area contributed by atoms with Crippen LogP contribution in [-0.2, 0) is 25.6 Å². The molecule has 0 aliphatic rings. The van der Waals surface area contributed by atoms with E-state index in [1.165, 1.54) is 6.92 Å². The van der Waals surface area contributed by atoms with Gasteiger partial charge in [0.05, 0.1) is 0 Å². The van der Waals surface area contributed by atoms with E-state index in [0.717, 1.165) is 16.5 Å². The first-order valence-electron chi connectivity index (χ1n) is 8.35. The Morgan fingerprint density at radius 2 is 1.70 bits per heavy atom. The van der Waals surface area contributed by atoms with E-state index in [1.54, 1.807) is 6.20 Å². The van der Waals surface area contributed by atoms with Crippen LogP contribution in [0.2, 0.25) is 0 Å². The minimum atomic E-state index is -1.26. The fourth-order valence-corrected chi connectivity index (χ4v) is 2.77. The molecule has 2 atom stereocenters. The topological polar surface area (TPSA) is 149 Å². The SMILES string of the molecule is CC(=O)N[C@@H](CCC(=O)N[C@@H](Cc1c[nH]c2ccccc12)C(=O)O)C(=O)O. The van der Waals surface area contributed by atoms with Gasteiger partial charge in [-0.1, -0.05) is 18.2 Å². The Bertz CT molecular complexity index is 860. The summed E-state index contributed by atoms with van der Waals surface area (Å²) in [4.78, 5) is 48.7. The van der Waals surface area contributed by atoms with Crippen molar-refractivity contribution in [2.24, 2.45) is 0 Å². The number of aliphatic carboxylic acids is 2. The Kier molecular flexibility index (Phi) is 6.53. The number of carbonyl (C=O) groups excluding carboxylic acids is 2. The maximum atomic E-state index is 12.1. The van der Waals surface area contributed by atoms with Gasteiger partial charge in [0.1, 0.15) is 12.1 Å². The minimum Gasteiger partial charge on any atom is -0.480 e. The first-order chi connectivity index (χ1) is 12.8. The molecule has 0 aliphatic carbocycles. The summed E-state index contributed by atoms with van der Waals surface area (Å²) >= 11 is 0. The van der Waals surface area contributed by atoms with Crippen molar-refractivity contribution in [3.05, 3.63) is 36.0 Å². The zero-order valence-electron chi connectivity index (χ0n) is 14.7. The quantitative estimate of drug-likeness (QED) is 0.434. The number of para-hydroxylation sites is 1. The summed E-state index contributed by atoms with van der Waals surface area (Å²) in [6, 6.07) is 5.05. The van der Waals surface area contributed by atoms with Crippen molar-refractivity contribution in [3.63, 3.8) is 0 Å². The van der Waals surface area contributed by atoms with Crippen molar-refractivity contribution >= 4 is 34.7 Å². The molecule has 0 bridgehead atoms. The summed E-state index contributed by atoms with van der Waals surface area (Å²) < 4.78 is 0. The molecule has 2 rings (SSSR count). The normalized spacial score (nSPS) is 12.9. The van der Waals surface area contributed by atoms with E-state index >= 15 is 0 Å². The lowest BCUT2D eigenvalue weighted by atomic mass is 10.0. The average Bonchev–Trinajstić information content (AvgIpc) is 3.00. The molecular weight excluding hydrogens is 354 g/mol. The van der Waals surface area contributed by atoms with Crippen LogP contribution in [0.3, 0.4) is 0 Å². The fraction of sp³-hybridized carbons (Fsp3) is 0.333. The van der Waals surface area contributed by atoms with E-state index < -0.39 is 35.8 Å². The lowest BCUT2D eigenvalue weighted by Gasteiger charge is -2.16. The van der Waals surface area contributed by atoms with Crippen LogP contribution >= 0.6 is 0 Å². The van der Waals surface area contributed by atoms with E-state index in [4.69, 9.17) is 5.11 Å². The van der Waals surface area contributed by atoms with Crippen LogP contribution in [0.4, 0.5) is 0 Å². The van der Waals surface area contributed by atoms with Crippen LogP contribution in [-0.4, -0.2) is 51.0 Å². The third-order valence-electron chi connectivity index (χ3n) is 4.07. The number of aromatic nitrogens is 1. The fourth-order valence-electron chi connectivity index (χ4n) is 2.77. The van der Waals surface area contributed by atoms with Gasteiger partial charge in [-0.3, -0.25) is 9.59 Å². The molecule has 2 aromatic rings. The third kappa shape index (κ3) is 5.56. The molecule has 27 heavy (non-hydrogen) atoms. The molecule has 2 amide bonds. The molecule has 0 unspecified atom stereocenters. The highest BCUT2D eigenvalue weighted by Crippen LogP contribution is 2.19. The summed E-state index contributed by atoms with van der Waals surface area (Å²) in [5.74, 6) is -3.57. The molecule has 0 fully saturated rings. The molecule has 9 nitrogen and oxygen atoms in total. The van der Waals surface area contributed by atoms with Gasteiger partial charge in [0.15, 0.2) is 0 Å². The Hall–Kier alpha value is -3.36. The van der Waals surface area contributed by atoms with Crippen LogP contribution in [0.5, 0.6) is 0 Å². The Balaban J connectivity index is 1.99. The average molecular weight is 375 g/mol. The summed E-state index contributed by atoms with van der Waals surface area (Å²) in [5, 5.41) is 23.9. The van der Waals surface area contributed by atoms with Crippen molar-refractivity contribution < 1.29 is 29.4 Å². The molecule has 0 saturated carbocycles. The number of hydrogen-bond donors (Lipinski definition) is 5. The summed E-state index contributed by atoms with van der Waals surface area (Å²) in [7, 11) is 0. The van der Waals surface area contributed by atoms with Gasteiger partial charge < -0.3 is 25.8 Å². The van der Waals surface area contributed by atoms with Crippen molar-refractivity contribution in [1.29, 1.82) is 0 Å². The van der Waals surface area contributed by atoms with Crippen LogP contribution in [0.25, 0.3) is 10.9 Å². The van der Waals surface area contributed by atoms with Crippen LogP contribution in [0.1, 0.15) is 25.3 Å². The van der Waals surface area contributed by atoms with Crippen molar-refractivity contribution in [2.75, 3.05) is 0 Å². The lowest BCUT2D eigenvalue weighted by molar-refractivity contribution is -0.143. The van der Waals surface area contributed by atoms with Crippen LogP contribution in [0.15, 0.2) is 30.5 Å². The van der Waals surface area contributed by atoms with Gasteiger partial charge in [-0.2, -0.15) is 0 Å². The summed E-state index contributed by atoms with van der Waals surface area (Å²) in [5.41, 5.74) is 1.61. The van der Waals surface area contributed by atoms with Crippen LogP contribution < -0.4 is 10.6 Å². The van der Waals surface area contributed by atoms with Crippen molar-refractivity contribution in [3.8, 4) is 0 Å². The summed E-state index contributed by atoms with van der Waals surface area (Å²) in [6.07, 6.45) is 1.41. The molecule has 0 saturated heterocycles. The van der Waals surface area contributed by atoms with Gasteiger partial charge in [-0.15, -0.1) is 0 Å². The van der Waals surface area contributed by atoms with Gasteiger partial charge in [0.25, 0.3) is 0 Å². The first-order valence-corrected chi connectivity index (χ1v) is 8.35. The number of nitrogens with one attached hydrogen (secondary N) is 3. The Labute approximate surface area is 154 Å². The number of carboxylic acids is 2. The van der Waals surface area contributed by atoms with E-state index in [1.807, 2.05) is 24.3 Å². The predicted octanol–water partition coefficient (Wildman–Crippen LogP) is 0.649. The molecule has 1 heterocycles. The molecule has 5 N–H and O–H groups in total. The third-order valence-corrected chi connectivity index (χ3v) is 4.07. The molecule has 1 aromatic heterocycles. The standard InChI is InChI=1S/C18H21N3O6/c1-10(22)20-14(17(24)25)6-7-16(23)21-15(18(26)27)8-11-9-19-13-5-3-2-4-12(11)13/h2-5,9,14-15,19H,6-8H2,1H3,(H,20,22)(H,21,23)(H,24,25)(H,26,27)/t14-,15-/m0/s1. The maximum Gasteiger partial charge on any atom is 0.326 e. The predicted molar refractivity (Wildman–Crippen MR) is 96.0 cm³/mol. The molecule has 0 aliphatic heterocycles. The molecule has 144 valence electrons. The second kappa shape index (κ2) is 8.84. The largest absolute Gasteiger partial charge is 0.480 e. The van der Waals surface area contributed by atoms with Crippen molar-refractivity contribution in [2.45, 2.75) is 38.3 Å². The molecule has 9 heteroatoms. The number of hydrogen-bond acceptors (Lipinski definition) is 4. The zero-order valence-corrected chi connectivity index (χ0v) is 14.7. The summed E-state index contributed by atoms with van der Waals surface area (Å²) in [6.45, 7) is 1.18. The number of fused-ring (bicyclic) bond motifs is 1. The van der Waals surface area contributed by atoms with E-state index in [-0.39, 0.29) is 19.3 Å². The number of aromatic amines is 1. The smallest absolute Gasteiger partial charge is 0.326 e. The minimum absolute atomic E-state index is 0.0825. The number of rotatable bonds is 9. The number of H-pyrrole nitrogens is 1. The van der Waals surface area contributed by atoms with Gasteiger partial charge in [0, 0.05) is 36.9 Å². The number of carboxylic acid groups (broad SMARTS) is 2. The van der Waals surface area contributed by atoms with E-state index in [9.17, 15) is 24.3 Å². The van der Waals surface area contributed by atoms with Crippen LogP contribution in [0, 0.1) is 0 Å². The van der Waals surface area contributed by atoms with Gasteiger partial charge in [-0.25, -0.2) is 9.59 Å². The number of amides is 2. The molecule has 0 radical (unpaired) electrons. The van der Waals surface area contributed by atoms with Gasteiger partial charge in [0.2, 0.25) is 11.8 Å². The molecule has 0 spiro atoms. The zero-order chi connectivity index (χ0) is 20.0.